The lowest BCUT2D eigenvalue weighted by molar-refractivity contribution is 0.0496. The smallest absolute Gasteiger partial charge is 0.128 e. The van der Waals surface area contributed by atoms with Crippen LogP contribution in [0.5, 0.6) is 0 Å². The second-order valence-electron chi connectivity index (χ2n) is 4.71. The van der Waals surface area contributed by atoms with E-state index in [1.807, 2.05) is 13.0 Å². The summed E-state index contributed by atoms with van der Waals surface area (Å²) in [5.74, 6) is 5.82. The topological polar surface area (TPSA) is 47.3 Å². The van der Waals surface area contributed by atoms with Gasteiger partial charge in [0, 0.05) is 12.7 Å². The van der Waals surface area contributed by atoms with E-state index in [4.69, 9.17) is 10.6 Å². The largest absolute Gasteiger partial charge is 0.379 e. The monoisotopic (exact) mass is 238 g/mol. The lowest BCUT2D eigenvalue weighted by atomic mass is 9.96. The van der Waals surface area contributed by atoms with Gasteiger partial charge in [-0.15, -0.1) is 0 Å². The molecule has 2 atom stereocenters. The van der Waals surface area contributed by atoms with Crippen molar-refractivity contribution in [2.24, 2.45) is 11.8 Å². The molecule has 1 aromatic rings. The lowest BCUT2D eigenvalue weighted by Gasteiger charge is -2.26. The molecule has 0 saturated heterocycles. The number of ether oxygens (including phenoxy) is 1. The van der Waals surface area contributed by atoms with E-state index >= 15 is 0 Å². The Kier molecular flexibility index (Phi) is 3.76. The average Bonchev–Trinajstić information content (AvgIpc) is 3.13. The summed E-state index contributed by atoms with van der Waals surface area (Å²) in [6.07, 6.45) is 2.20. The van der Waals surface area contributed by atoms with Crippen LogP contribution in [0.2, 0.25) is 0 Å². The molecule has 1 saturated carbocycles. The van der Waals surface area contributed by atoms with Gasteiger partial charge in [-0.1, -0.05) is 17.7 Å². The Hall–Kier alpha value is -0.970. The number of rotatable bonds is 5. The first-order valence-corrected chi connectivity index (χ1v) is 5.92. The highest BCUT2D eigenvalue weighted by atomic mass is 19.1. The summed E-state index contributed by atoms with van der Waals surface area (Å²) in [6, 6.07) is 4.78. The van der Waals surface area contributed by atoms with Gasteiger partial charge in [-0.05, 0) is 31.7 Å². The Labute approximate surface area is 101 Å². The molecule has 94 valence electrons. The molecule has 0 amide bonds. The fraction of sp³-hybridized carbons (Fsp3) is 0.538. The van der Waals surface area contributed by atoms with Gasteiger partial charge in [0.2, 0.25) is 0 Å². The average molecular weight is 238 g/mol. The quantitative estimate of drug-likeness (QED) is 0.610. The van der Waals surface area contributed by atoms with Crippen LogP contribution in [0, 0.1) is 18.7 Å². The van der Waals surface area contributed by atoms with Crippen LogP contribution in [0.3, 0.4) is 0 Å². The Morgan fingerprint density at radius 1 is 1.47 bits per heavy atom. The Morgan fingerprint density at radius 3 is 2.71 bits per heavy atom. The van der Waals surface area contributed by atoms with E-state index in [-0.39, 0.29) is 18.0 Å². The number of hydrazine groups is 1. The first-order chi connectivity index (χ1) is 8.17. The first kappa shape index (κ1) is 12.5. The van der Waals surface area contributed by atoms with Crippen molar-refractivity contribution in [1.82, 2.24) is 5.43 Å². The van der Waals surface area contributed by atoms with Crippen LogP contribution in [0.25, 0.3) is 0 Å². The van der Waals surface area contributed by atoms with Gasteiger partial charge in [-0.3, -0.25) is 11.3 Å². The van der Waals surface area contributed by atoms with Gasteiger partial charge >= 0.3 is 0 Å². The second-order valence-corrected chi connectivity index (χ2v) is 4.71. The van der Waals surface area contributed by atoms with Crippen molar-refractivity contribution in [1.29, 1.82) is 0 Å². The Bertz CT molecular complexity index is 393. The summed E-state index contributed by atoms with van der Waals surface area (Å²) < 4.78 is 19.3. The molecule has 2 unspecified atom stereocenters. The summed E-state index contributed by atoms with van der Waals surface area (Å²) in [7, 11) is 1.65. The van der Waals surface area contributed by atoms with E-state index in [1.54, 1.807) is 13.2 Å². The maximum absolute atomic E-state index is 13.8. The van der Waals surface area contributed by atoms with Crippen LogP contribution in [-0.2, 0) is 4.74 Å². The Morgan fingerprint density at radius 2 is 2.18 bits per heavy atom. The van der Waals surface area contributed by atoms with Crippen LogP contribution < -0.4 is 11.3 Å². The number of hydrogen-bond acceptors (Lipinski definition) is 3. The van der Waals surface area contributed by atoms with Gasteiger partial charge in [-0.2, -0.15) is 0 Å². The van der Waals surface area contributed by atoms with Gasteiger partial charge in [0.15, 0.2) is 0 Å². The molecule has 1 aromatic carbocycles. The molecular weight excluding hydrogens is 219 g/mol. The number of aryl methyl sites for hydroxylation is 1. The van der Waals surface area contributed by atoms with Gasteiger partial charge in [0.1, 0.15) is 5.82 Å². The minimum atomic E-state index is -0.285. The lowest BCUT2D eigenvalue weighted by Crippen LogP contribution is -2.39. The van der Waals surface area contributed by atoms with Crippen molar-refractivity contribution in [3.63, 3.8) is 0 Å². The molecule has 1 aliphatic rings. The molecule has 0 radical (unpaired) electrons. The molecule has 17 heavy (non-hydrogen) atoms. The molecule has 3 N–H and O–H groups in total. The third-order valence-corrected chi connectivity index (χ3v) is 3.35. The molecule has 0 bridgehead atoms. The summed E-state index contributed by atoms with van der Waals surface area (Å²) in [5, 5.41) is 0. The van der Waals surface area contributed by atoms with E-state index in [0.717, 1.165) is 18.4 Å². The molecule has 0 spiro atoms. The third kappa shape index (κ3) is 2.65. The fourth-order valence-corrected chi connectivity index (χ4v) is 2.29. The zero-order valence-corrected chi connectivity index (χ0v) is 10.2. The zero-order valence-electron chi connectivity index (χ0n) is 10.2. The maximum atomic E-state index is 13.8. The van der Waals surface area contributed by atoms with Crippen molar-refractivity contribution >= 4 is 0 Å². The van der Waals surface area contributed by atoms with Gasteiger partial charge in [0.05, 0.1) is 12.1 Å². The minimum Gasteiger partial charge on any atom is -0.379 e. The molecule has 0 aliphatic heterocycles. The maximum Gasteiger partial charge on any atom is 0.128 e. The summed E-state index contributed by atoms with van der Waals surface area (Å²) in [5.41, 5.74) is 4.30. The summed E-state index contributed by atoms with van der Waals surface area (Å²) >= 11 is 0. The number of nitrogens with two attached hydrogens (primary N) is 1. The zero-order chi connectivity index (χ0) is 12.4. The van der Waals surface area contributed by atoms with E-state index in [2.05, 4.69) is 5.43 Å². The molecule has 1 fully saturated rings. The van der Waals surface area contributed by atoms with Crippen LogP contribution in [-0.4, -0.2) is 13.2 Å². The molecule has 3 nitrogen and oxygen atoms in total. The Balaban J connectivity index is 2.29. The van der Waals surface area contributed by atoms with Crippen molar-refractivity contribution < 1.29 is 9.13 Å². The molecule has 0 aromatic heterocycles. The van der Waals surface area contributed by atoms with E-state index in [1.165, 1.54) is 6.07 Å². The molecule has 0 heterocycles. The van der Waals surface area contributed by atoms with Crippen LogP contribution in [0.1, 0.15) is 30.0 Å². The van der Waals surface area contributed by atoms with Crippen LogP contribution in [0.4, 0.5) is 4.39 Å². The molecule has 1 aliphatic carbocycles. The molecule has 2 rings (SSSR count). The third-order valence-electron chi connectivity index (χ3n) is 3.35. The minimum absolute atomic E-state index is 0.0590. The van der Waals surface area contributed by atoms with E-state index < -0.39 is 0 Å². The predicted octanol–water partition coefficient (Wildman–Crippen LogP) is 2.06. The highest BCUT2D eigenvalue weighted by Gasteiger charge is 2.38. The van der Waals surface area contributed by atoms with Crippen LogP contribution in [0.15, 0.2) is 18.2 Å². The number of hydrogen-bond donors (Lipinski definition) is 2. The van der Waals surface area contributed by atoms with Crippen molar-refractivity contribution in [3.8, 4) is 0 Å². The fourth-order valence-electron chi connectivity index (χ4n) is 2.29. The van der Waals surface area contributed by atoms with Gasteiger partial charge < -0.3 is 4.74 Å². The first-order valence-electron chi connectivity index (χ1n) is 5.92. The van der Waals surface area contributed by atoms with E-state index in [9.17, 15) is 4.39 Å². The predicted molar refractivity (Wildman–Crippen MR) is 64.7 cm³/mol. The normalized spacial score (nSPS) is 19.1. The highest BCUT2D eigenvalue weighted by Crippen LogP contribution is 2.40. The standard InChI is InChI=1S/C13H19FN2O/c1-8-3-6-11(14)10(7-8)12(16-15)13(17-2)9-4-5-9/h3,6-7,9,12-13,16H,4-5,15H2,1-2H3. The molecule has 4 heteroatoms. The van der Waals surface area contributed by atoms with Crippen molar-refractivity contribution in [2.75, 3.05) is 7.11 Å². The number of halogens is 1. The van der Waals surface area contributed by atoms with Crippen LogP contribution >= 0.6 is 0 Å². The summed E-state index contributed by atoms with van der Waals surface area (Å²) in [4.78, 5) is 0. The molecular formula is C13H19FN2O. The summed E-state index contributed by atoms with van der Waals surface area (Å²) in [6.45, 7) is 1.94. The number of benzene rings is 1. The van der Waals surface area contributed by atoms with Crippen molar-refractivity contribution in [3.05, 3.63) is 35.1 Å². The van der Waals surface area contributed by atoms with Crippen molar-refractivity contribution in [2.45, 2.75) is 31.9 Å². The number of nitrogens with one attached hydrogen (secondary N) is 1. The van der Waals surface area contributed by atoms with Gasteiger partial charge in [0.25, 0.3) is 0 Å². The van der Waals surface area contributed by atoms with Gasteiger partial charge in [-0.25, -0.2) is 4.39 Å². The number of methoxy groups -OCH3 is 1. The SMILES string of the molecule is COC(C1CC1)C(NN)c1cc(C)ccc1F. The van der Waals surface area contributed by atoms with E-state index in [0.29, 0.717) is 11.5 Å². The highest BCUT2D eigenvalue weighted by molar-refractivity contribution is 5.28. The second kappa shape index (κ2) is 5.12.